The monoisotopic (exact) mass is 525 g/mol. The van der Waals surface area contributed by atoms with Crippen LogP contribution in [0.5, 0.6) is 5.75 Å². The molecule has 0 saturated carbocycles. The predicted octanol–water partition coefficient (Wildman–Crippen LogP) is 7.52. The van der Waals surface area contributed by atoms with Crippen molar-refractivity contribution in [2.24, 2.45) is 0 Å². The van der Waals surface area contributed by atoms with Crippen molar-refractivity contribution in [3.63, 3.8) is 0 Å². The van der Waals surface area contributed by atoms with Gasteiger partial charge in [-0.3, -0.25) is 4.79 Å². The largest absolute Gasteiger partial charge is 0.488 e. The minimum absolute atomic E-state index is 0.0689. The number of carboxylic acid groups (broad SMARTS) is 1. The van der Waals surface area contributed by atoms with E-state index in [9.17, 15) is 18.0 Å². The maximum Gasteiger partial charge on any atom is 0.416 e. The zero-order chi connectivity index (χ0) is 26.4. The first kappa shape index (κ1) is 26.4. The normalized spacial score (nSPS) is 11.5. The van der Waals surface area contributed by atoms with Crippen molar-refractivity contribution in [1.29, 1.82) is 0 Å². The Kier molecular flexibility index (Phi) is 8.28. The van der Waals surface area contributed by atoms with Crippen LogP contribution >= 0.6 is 11.3 Å². The molecule has 0 amide bonds. The molecular formula is C29H26F3NO3S. The molecular weight excluding hydrogens is 499 g/mol. The van der Waals surface area contributed by atoms with Crippen LogP contribution in [0.3, 0.4) is 0 Å². The molecule has 1 N–H and O–H groups in total. The molecule has 3 aromatic carbocycles. The number of hydrogen-bond acceptors (Lipinski definition) is 4. The third-order valence-corrected chi connectivity index (χ3v) is 7.14. The van der Waals surface area contributed by atoms with Crippen LogP contribution in [0.1, 0.15) is 39.2 Å². The number of carboxylic acids is 1. The number of aryl methyl sites for hydroxylation is 4. The molecule has 0 aliphatic carbocycles. The first-order valence-corrected chi connectivity index (χ1v) is 12.6. The van der Waals surface area contributed by atoms with E-state index in [2.05, 4.69) is 0 Å². The Morgan fingerprint density at radius 1 is 0.973 bits per heavy atom. The Morgan fingerprint density at radius 3 is 2.35 bits per heavy atom. The number of ether oxygens (including phenoxy) is 1. The molecule has 0 saturated heterocycles. The smallest absolute Gasteiger partial charge is 0.416 e. The standard InChI is InChI=1S/C29H26F3NO3S/c1-19-17-24(14-10-21(19)11-16-27(34)35)36-18-26-25(15-7-20-5-3-2-4-6-20)33-28(37-26)22-8-12-23(13-9-22)29(30,31)32/h2-6,8-10,12-14,17H,7,11,15-16,18H2,1H3,(H,34,35). The minimum Gasteiger partial charge on any atom is -0.488 e. The van der Waals surface area contributed by atoms with Crippen molar-refractivity contribution in [2.75, 3.05) is 0 Å². The number of rotatable bonds is 10. The Bertz CT molecular complexity index is 1350. The van der Waals surface area contributed by atoms with Gasteiger partial charge in [0.25, 0.3) is 0 Å². The first-order valence-electron chi connectivity index (χ1n) is 11.8. The third-order valence-electron chi connectivity index (χ3n) is 6.02. The molecule has 1 heterocycles. The van der Waals surface area contributed by atoms with Crippen LogP contribution in [0.25, 0.3) is 10.6 Å². The Labute approximate surface area is 217 Å². The van der Waals surface area contributed by atoms with Crippen molar-refractivity contribution in [3.05, 3.63) is 106 Å². The summed E-state index contributed by atoms with van der Waals surface area (Å²) in [5.74, 6) is -0.174. The number of hydrogen-bond donors (Lipinski definition) is 1. The number of benzene rings is 3. The number of thiazole rings is 1. The number of carbonyl (C=O) groups is 1. The highest BCUT2D eigenvalue weighted by molar-refractivity contribution is 7.15. The number of aliphatic carboxylic acids is 1. The highest BCUT2D eigenvalue weighted by Crippen LogP contribution is 2.34. The van der Waals surface area contributed by atoms with Crippen LogP contribution < -0.4 is 4.74 Å². The fraction of sp³-hybridized carbons (Fsp3) is 0.241. The van der Waals surface area contributed by atoms with E-state index in [1.807, 2.05) is 55.5 Å². The van der Waals surface area contributed by atoms with E-state index in [-0.39, 0.29) is 13.0 Å². The van der Waals surface area contributed by atoms with Crippen LogP contribution in [0.4, 0.5) is 13.2 Å². The van der Waals surface area contributed by atoms with Gasteiger partial charge in [-0.1, -0.05) is 48.5 Å². The van der Waals surface area contributed by atoms with E-state index in [0.29, 0.717) is 29.2 Å². The van der Waals surface area contributed by atoms with Gasteiger partial charge in [0.15, 0.2) is 0 Å². The zero-order valence-electron chi connectivity index (χ0n) is 20.2. The maximum atomic E-state index is 13.0. The van der Waals surface area contributed by atoms with Crippen molar-refractivity contribution in [3.8, 4) is 16.3 Å². The van der Waals surface area contributed by atoms with Crippen LogP contribution in [-0.4, -0.2) is 16.1 Å². The van der Waals surface area contributed by atoms with Gasteiger partial charge in [-0.2, -0.15) is 13.2 Å². The average molecular weight is 526 g/mol. The van der Waals surface area contributed by atoms with Gasteiger partial charge in [-0.25, -0.2) is 4.98 Å². The summed E-state index contributed by atoms with van der Waals surface area (Å²) in [4.78, 5) is 16.6. The van der Waals surface area contributed by atoms with Gasteiger partial charge in [-0.05, 0) is 67.1 Å². The summed E-state index contributed by atoms with van der Waals surface area (Å²) in [7, 11) is 0. The molecule has 0 radical (unpaired) electrons. The zero-order valence-corrected chi connectivity index (χ0v) is 21.0. The molecule has 0 bridgehead atoms. The Hall–Kier alpha value is -3.65. The lowest BCUT2D eigenvalue weighted by atomic mass is 10.0. The van der Waals surface area contributed by atoms with Crippen LogP contribution in [0, 0.1) is 6.92 Å². The quantitative estimate of drug-likeness (QED) is 0.233. The fourth-order valence-corrected chi connectivity index (χ4v) is 4.98. The van der Waals surface area contributed by atoms with Gasteiger partial charge in [0.1, 0.15) is 17.4 Å². The summed E-state index contributed by atoms with van der Waals surface area (Å²) < 4.78 is 45.0. The number of alkyl halides is 3. The average Bonchev–Trinajstić information content (AvgIpc) is 3.29. The second-order valence-corrected chi connectivity index (χ2v) is 9.80. The number of aromatic nitrogens is 1. The maximum absolute atomic E-state index is 13.0. The molecule has 0 aliphatic heterocycles. The second kappa shape index (κ2) is 11.6. The molecule has 4 nitrogen and oxygen atoms in total. The third kappa shape index (κ3) is 7.20. The second-order valence-electron chi connectivity index (χ2n) is 8.72. The lowest BCUT2D eigenvalue weighted by Gasteiger charge is -2.10. The van der Waals surface area contributed by atoms with Gasteiger partial charge in [0, 0.05) is 12.0 Å². The molecule has 0 aliphatic rings. The van der Waals surface area contributed by atoms with E-state index in [0.717, 1.165) is 40.3 Å². The lowest BCUT2D eigenvalue weighted by Crippen LogP contribution is -2.03. The molecule has 4 aromatic rings. The van der Waals surface area contributed by atoms with E-state index in [4.69, 9.17) is 14.8 Å². The van der Waals surface area contributed by atoms with E-state index in [1.165, 1.54) is 29.0 Å². The van der Waals surface area contributed by atoms with Crippen molar-refractivity contribution in [2.45, 2.75) is 45.4 Å². The fourth-order valence-electron chi connectivity index (χ4n) is 3.95. The van der Waals surface area contributed by atoms with Crippen LogP contribution in [0.2, 0.25) is 0 Å². The highest BCUT2D eigenvalue weighted by Gasteiger charge is 2.30. The minimum atomic E-state index is -4.39. The summed E-state index contributed by atoms with van der Waals surface area (Å²) in [5, 5.41) is 9.58. The van der Waals surface area contributed by atoms with Gasteiger partial charge >= 0.3 is 12.1 Å². The van der Waals surface area contributed by atoms with Crippen molar-refractivity contribution < 1.29 is 27.8 Å². The summed E-state index contributed by atoms with van der Waals surface area (Å²) in [5.41, 5.74) is 3.88. The Balaban J connectivity index is 1.53. The van der Waals surface area contributed by atoms with Gasteiger partial charge in [0.05, 0.1) is 16.1 Å². The van der Waals surface area contributed by atoms with Gasteiger partial charge in [-0.15, -0.1) is 11.3 Å². The summed E-state index contributed by atoms with van der Waals surface area (Å²) in [6, 6.07) is 20.7. The van der Waals surface area contributed by atoms with Gasteiger partial charge in [0.2, 0.25) is 0 Å². The topological polar surface area (TPSA) is 59.4 Å². The first-order chi connectivity index (χ1) is 17.7. The molecule has 0 spiro atoms. The van der Waals surface area contributed by atoms with Gasteiger partial charge < -0.3 is 9.84 Å². The number of nitrogens with zero attached hydrogens (tertiary/aromatic N) is 1. The van der Waals surface area contributed by atoms with Crippen LogP contribution in [0.15, 0.2) is 72.8 Å². The molecule has 37 heavy (non-hydrogen) atoms. The SMILES string of the molecule is Cc1cc(OCc2sc(-c3ccc(C(F)(F)F)cc3)nc2CCc2ccccc2)ccc1CCC(=O)O. The number of halogens is 3. The molecule has 0 unspecified atom stereocenters. The molecule has 192 valence electrons. The molecule has 0 fully saturated rings. The highest BCUT2D eigenvalue weighted by atomic mass is 32.1. The van der Waals surface area contributed by atoms with E-state index in [1.54, 1.807) is 0 Å². The molecule has 1 aromatic heterocycles. The molecule has 8 heteroatoms. The van der Waals surface area contributed by atoms with E-state index >= 15 is 0 Å². The van der Waals surface area contributed by atoms with Crippen molar-refractivity contribution >= 4 is 17.3 Å². The lowest BCUT2D eigenvalue weighted by molar-refractivity contribution is -0.138. The summed E-state index contributed by atoms with van der Waals surface area (Å²) >= 11 is 1.42. The Morgan fingerprint density at radius 2 is 1.70 bits per heavy atom. The molecule has 0 atom stereocenters. The predicted molar refractivity (Wildman–Crippen MR) is 138 cm³/mol. The summed E-state index contributed by atoms with van der Waals surface area (Å²) in [6.45, 7) is 2.20. The van der Waals surface area contributed by atoms with E-state index < -0.39 is 17.7 Å². The summed E-state index contributed by atoms with van der Waals surface area (Å²) in [6.07, 6.45) is -2.41. The van der Waals surface area contributed by atoms with Crippen LogP contribution in [-0.2, 0) is 36.8 Å². The van der Waals surface area contributed by atoms with Crippen molar-refractivity contribution in [1.82, 2.24) is 4.98 Å². The molecule has 4 rings (SSSR count).